The van der Waals surface area contributed by atoms with E-state index in [4.69, 9.17) is 21.1 Å². The Hall–Kier alpha value is -3.80. The maximum absolute atomic E-state index is 13.7. The van der Waals surface area contributed by atoms with Gasteiger partial charge in [0.25, 0.3) is 0 Å². The molecule has 1 atom stereocenters. The van der Waals surface area contributed by atoms with Crippen LogP contribution in [0.5, 0.6) is 5.75 Å². The second kappa shape index (κ2) is 13.2. The van der Waals surface area contributed by atoms with Gasteiger partial charge in [-0.05, 0) is 49.9 Å². The molecule has 2 fully saturated rings. The van der Waals surface area contributed by atoms with E-state index in [0.29, 0.717) is 72.6 Å². The smallest absolute Gasteiger partial charge is 0.324 e. The third kappa shape index (κ3) is 7.49. The lowest BCUT2D eigenvalue weighted by Crippen LogP contribution is -2.55. The number of piperazine rings is 1. The van der Waals surface area contributed by atoms with E-state index in [0.717, 1.165) is 19.4 Å². The summed E-state index contributed by atoms with van der Waals surface area (Å²) in [7, 11) is 0. The molecule has 5 rings (SSSR count). The summed E-state index contributed by atoms with van der Waals surface area (Å²) in [6.07, 6.45) is 6.83. The van der Waals surface area contributed by atoms with Gasteiger partial charge in [-0.25, -0.2) is 14.4 Å². The fourth-order valence-electron chi connectivity index (χ4n) is 4.51. The van der Waals surface area contributed by atoms with Gasteiger partial charge in [-0.1, -0.05) is 17.7 Å². The molecule has 1 saturated heterocycles. The highest BCUT2D eigenvalue weighted by molar-refractivity contribution is 6.31. The normalized spacial score (nSPS) is 17.5. The number of nitrogens with one attached hydrogen (secondary N) is 3. The van der Waals surface area contributed by atoms with Crippen LogP contribution in [0.4, 0.5) is 21.6 Å². The molecular formula is C29H32ClFN6O4. The van der Waals surface area contributed by atoms with Crippen LogP contribution in [-0.2, 0) is 14.3 Å². The second-order valence-corrected chi connectivity index (χ2v) is 10.4. The maximum atomic E-state index is 13.7. The van der Waals surface area contributed by atoms with Crippen LogP contribution in [0.15, 0.2) is 48.8 Å². The molecule has 1 saturated carbocycles. The number of aromatic nitrogens is 2. The lowest BCUT2D eigenvalue weighted by molar-refractivity contribution is -0.149. The quantitative estimate of drug-likeness (QED) is 0.225. The minimum Gasteiger partial charge on any atom is -0.491 e. The Morgan fingerprint density at radius 2 is 2.10 bits per heavy atom. The third-order valence-corrected chi connectivity index (χ3v) is 7.16. The van der Waals surface area contributed by atoms with Crippen molar-refractivity contribution in [2.45, 2.75) is 25.8 Å². The van der Waals surface area contributed by atoms with Gasteiger partial charge in [0.15, 0.2) is 0 Å². The minimum atomic E-state index is -0.520. The van der Waals surface area contributed by atoms with Gasteiger partial charge in [0.2, 0.25) is 5.91 Å². The Morgan fingerprint density at radius 1 is 1.24 bits per heavy atom. The monoisotopic (exact) mass is 582 g/mol. The number of amides is 1. The third-order valence-electron chi connectivity index (χ3n) is 6.87. The summed E-state index contributed by atoms with van der Waals surface area (Å²) in [5.41, 5.74) is 1.63. The Kier molecular flexibility index (Phi) is 9.28. The summed E-state index contributed by atoms with van der Waals surface area (Å²) < 4.78 is 24.9. The fourth-order valence-corrected chi connectivity index (χ4v) is 4.69. The van der Waals surface area contributed by atoms with Crippen LogP contribution < -0.4 is 20.7 Å². The number of benzene rings is 2. The van der Waals surface area contributed by atoms with E-state index in [1.165, 1.54) is 24.5 Å². The van der Waals surface area contributed by atoms with Crippen molar-refractivity contribution in [2.75, 3.05) is 50.0 Å². The molecule has 216 valence electrons. The zero-order chi connectivity index (χ0) is 28.8. The molecule has 1 aliphatic carbocycles. The average Bonchev–Trinajstić information content (AvgIpc) is 3.79. The number of hydrogen-bond acceptors (Lipinski definition) is 9. The first kappa shape index (κ1) is 28.7. The first-order valence-electron chi connectivity index (χ1n) is 13.6. The van der Waals surface area contributed by atoms with Gasteiger partial charge in [0.1, 0.15) is 29.8 Å². The molecule has 3 N–H and O–H groups in total. The Labute approximate surface area is 242 Å². The molecule has 2 heterocycles. The van der Waals surface area contributed by atoms with E-state index in [1.54, 1.807) is 31.2 Å². The van der Waals surface area contributed by atoms with Crippen molar-refractivity contribution in [1.29, 1.82) is 0 Å². The van der Waals surface area contributed by atoms with Gasteiger partial charge >= 0.3 is 5.97 Å². The van der Waals surface area contributed by atoms with Crippen LogP contribution in [0.3, 0.4) is 0 Å². The minimum absolute atomic E-state index is 0.0155. The van der Waals surface area contributed by atoms with E-state index in [1.807, 2.05) is 4.90 Å². The SMILES string of the molecule is CCOC(=O)C1CNCCN1CC=CC(=O)Nc1cc2c(Nc3ccc(F)c(Cl)c3)ncnc2cc1OCC1CC1. The van der Waals surface area contributed by atoms with Crippen molar-refractivity contribution in [3.05, 3.63) is 59.7 Å². The molecule has 41 heavy (non-hydrogen) atoms. The van der Waals surface area contributed by atoms with Crippen LogP contribution in [0, 0.1) is 11.7 Å². The van der Waals surface area contributed by atoms with Crippen molar-refractivity contribution in [3.63, 3.8) is 0 Å². The Balaban J connectivity index is 1.34. The molecule has 1 aromatic heterocycles. The number of ether oxygens (including phenoxy) is 2. The molecule has 1 aliphatic heterocycles. The van der Waals surface area contributed by atoms with Gasteiger partial charge in [-0.2, -0.15) is 0 Å². The zero-order valence-electron chi connectivity index (χ0n) is 22.7. The van der Waals surface area contributed by atoms with Crippen molar-refractivity contribution in [3.8, 4) is 5.75 Å². The molecule has 3 aromatic rings. The molecule has 1 amide bonds. The maximum Gasteiger partial charge on any atom is 0.324 e. The first-order chi connectivity index (χ1) is 19.9. The average molecular weight is 583 g/mol. The number of esters is 1. The van der Waals surface area contributed by atoms with Crippen molar-refractivity contribution in [1.82, 2.24) is 20.2 Å². The van der Waals surface area contributed by atoms with Crippen molar-refractivity contribution in [2.24, 2.45) is 5.92 Å². The molecule has 2 aromatic carbocycles. The molecule has 0 spiro atoms. The number of carbonyl (C=O) groups excluding carboxylic acids is 2. The van der Waals surface area contributed by atoms with E-state index in [9.17, 15) is 14.0 Å². The molecule has 2 aliphatic rings. The summed E-state index contributed by atoms with van der Waals surface area (Å²) in [6.45, 7) is 4.97. The van der Waals surface area contributed by atoms with E-state index < -0.39 is 11.9 Å². The van der Waals surface area contributed by atoms with Gasteiger partial charge in [0, 0.05) is 49.4 Å². The standard InChI is InChI=1S/C29H32ClFN6O4/c1-2-40-29(39)25-15-32-9-11-37(25)10-3-4-27(38)36-24-13-20-23(14-26(24)41-16-18-5-6-18)33-17-34-28(20)35-19-7-8-22(31)21(30)12-19/h3-4,7-8,12-14,17-18,25,32H,2,5-6,9-11,15-16H2,1H3,(H,36,38)(H,33,34,35). The molecule has 0 radical (unpaired) electrons. The summed E-state index contributed by atoms with van der Waals surface area (Å²) in [4.78, 5) is 36.0. The number of hydrogen-bond donors (Lipinski definition) is 3. The summed E-state index contributed by atoms with van der Waals surface area (Å²) in [5.74, 6) is 0.326. The van der Waals surface area contributed by atoms with Crippen LogP contribution in [0.1, 0.15) is 19.8 Å². The number of fused-ring (bicyclic) bond motifs is 1. The lowest BCUT2D eigenvalue weighted by Gasteiger charge is -2.33. The van der Waals surface area contributed by atoms with Crippen LogP contribution in [-0.4, -0.2) is 72.2 Å². The molecule has 0 bridgehead atoms. The number of rotatable bonds is 11. The highest BCUT2D eigenvalue weighted by Crippen LogP contribution is 2.36. The second-order valence-electron chi connectivity index (χ2n) is 9.95. The van der Waals surface area contributed by atoms with Crippen molar-refractivity contribution >= 4 is 51.6 Å². The van der Waals surface area contributed by atoms with Crippen LogP contribution in [0.25, 0.3) is 10.9 Å². The van der Waals surface area contributed by atoms with Gasteiger partial charge in [-0.3, -0.25) is 14.5 Å². The zero-order valence-corrected chi connectivity index (χ0v) is 23.4. The summed E-state index contributed by atoms with van der Waals surface area (Å²) in [6, 6.07) is 7.42. The molecule has 12 heteroatoms. The predicted molar refractivity (Wildman–Crippen MR) is 155 cm³/mol. The number of carbonyl (C=O) groups is 2. The first-order valence-corrected chi connectivity index (χ1v) is 14.0. The van der Waals surface area contributed by atoms with Gasteiger partial charge < -0.3 is 25.4 Å². The van der Waals surface area contributed by atoms with Crippen LogP contribution in [0.2, 0.25) is 5.02 Å². The van der Waals surface area contributed by atoms with Gasteiger partial charge in [0.05, 0.1) is 29.4 Å². The van der Waals surface area contributed by atoms with Crippen molar-refractivity contribution < 1.29 is 23.5 Å². The Bertz CT molecular complexity index is 1450. The predicted octanol–water partition coefficient (Wildman–Crippen LogP) is 4.29. The van der Waals surface area contributed by atoms with E-state index >= 15 is 0 Å². The molecule has 10 nitrogen and oxygen atoms in total. The largest absolute Gasteiger partial charge is 0.491 e. The Morgan fingerprint density at radius 3 is 2.88 bits per heavy atom. The molecular weight excluding hydrogens is 551 g/mol. The van der Waals surface area contributed by atoms with Gasteiger partial charge in [-0.15, -0.1) is 0 Å². The highest BCUT2D eigenvalue weighted by Gasteiger charge is 2.29. The topological polar surface area (TPSA) is 118 Å². The highest BCUT2D eigenvalue weighted by atomic mass is 35.5. The fraction of sp³-hybridized carbons (Fsp3) is 0.379. The number of nitrogens with zero attached hydrogens (tertiary/aromatic N) is 3. The van der Waals surface area contributed by atoms with E-state index in [-0.39, 0.29) is 16.9 Å². The summed E-state index contributed by atoms with van der Waals surface area (Å²) >= 11 is 5.95. The van der Waals surface area contributed by atoms with E-state index in [2.05, 4.69) is 25.9 Å². The number of anilines is 3. The van der Waals surface area contributed by atoms with Crippen LogP contribution >= 0.6 is 11.6 Å². The lowest BCUT2D eigenvalue weighted by atomic mass is 10.1. The number of halogens is 2. The summed E-state index contributed by atoms with van der Waals surface area (Å²) in [5, 5.41) is 9.89. The molecule has 1 unspecified atom stereocenters.